The average molecular weight is 224 g/mol. The number of methoxy groups -OCH3 is 1. The van der Waals surface area contributed by atoms with Crippen LogP contribution in [-0.4, -0.2) is 37.8 Å². The molecule has 0 unspecified atom stereocenters. The molecule has 0 saturated carbocycles. The van der Waals surface area contributed by atoms with Crippen molar-refractivity contribution in [3.05, 3.63) is 24.3 Å². The highest BCUT2D eigenvalue weighted by Gasteiger charge is 2.01. The van der Waals surface area contributed by atoms with Gasteiger partial charge < -0.3 is 20.5 Å². The maximum Gasteiger partial charge on any atom is 0.238 e. The summed E-state index contributed by atoms with van der Waals surface area (Å²) >= 11 is 0. The zero-order valence-corrected chi connectivity index (χ0v) is 9.19. The first-order chi connectivity index (χ1) is 7.76. The van der Waals surface area contributed by atoms with Gasteiger partial charge >= 0.3 is 0 Å². The lowest BCUT2D eigenvalue weighted by Gasteiger charge is -2.06. The minimum Gasteiger partial charge on any atom is -0.497 e. The highest BCUT2D eigenvalue weighted by atomic mass is 16.5. The smallest absolute Gasteiger partial charge is 0.238 e. The monoisotopic (exact) mass is 224 g/mol. The number of aliphatic hydroxyl groups is 1. The molecule has 0 aliphatic rings. The molecule has 3 N–H and O–H groups in total. The molecule has 0 heterocycles. The molecule has 0 radical (unpaired) electrons. The van der Waals surface area contributed by atoms with Gasteiger partial charge in [-0.1, -0.05) is 0 Å². The molecule has 0 aliphatic carbocycles. The van der Waals surface area contributed by atoms with E-state index in [2.05, 4.69) is 10.6 Å². The fourth-order valence-corrected chi connectivity index (χ4v) is 1.16. The van der Waals surface area contributed by atoms with Crippen LogP contribution in [0.4, 0.5) is 5.69 Å². The average Bonchev–Trinajstić information content (AvgIpc) is 2.30. The van der Waals surface area contributed by atoms with Crippen LogP contribution in [0.3, 0.4) is 0 Å². The largest absolute Gasteiger partial charge is 0.497 e. The molecule has 0 saturated heterocycles. The molecule has 5 heteroatoms. The number of aliphatic hydroxyl groups excluding tert-OH is 1. The Morgan fingerprint density at radius 3 is 2.62 bits per heavy atom. The normalized spacial score (nSPS) is 9.88. The van der Waals surface area contributed by atoms with Crippen LogP contribution in [0.15, 0.2) is 24.3 Å². The van der Waals surface area contributed by atoms with Crippen molar-refractivity contribution in [2.24, 2.45) is 0 Å². The lowest BCUT2D eigenvalue weighted by atomic mass is 10.3. The van der Waals surface area contributed by atoms with Gasteiger partial charge in [0, 0.05) is 12.2 Å². The van der Waals surface area contributed by atoms with E-state index < -0.39 is 0 Å². The van der Waals surface area contributed by atoms with Crippen molar-refractivity contribution in [2.45, 2.75) is 0 Å². The van der Waals surface area contributed by atoms with Gasteiger partial charge in [0.15, 0.2) is 0 Å². The van der Waals surface area contributed by atoms with Crippen LogP contribution in [0, 0.1) is 0 Å². The Balaban J connectivity index is 2.37. The number of hydrogen-bond acceptors (Lipinski definition) is 4. The molecule has 1 aromatic rings. The van der Waals surface area contributed by atoms with E-state index in [0.29, 0.717) is 6.54 Å². The quantitative estimate of drug-likeness (QED) is 0.604. The lowest BCUT2D eigenvalue weighted by molar-refractivity contribution is -0.115. The molecule has 16 heavy (non-hydrogen) atoms. The summed E-state index contributed by atoms with van der Waals surface area (Å²) in [4.78, 5) is 11.4. The number of nitrogens with one attached hydrogen (secondary N) is 2. The zero-order chi connectivity index (χ0) is 11.8. The molecule has 88 valence electrons. The second kappa shape index (κ2) is 6.81. The van der Waals surface area contributed by atoms with Crippen molar-refractivity contribution in [1.29, 1.82) is 0 Å². The molecule has 0 fully saturated rings. The second-order valence-corrected chi connectivity index (χ2v) is 3.18. The highest BCUT2D eigenvalue weighted by molar-refractivity contribution is 5.92. The molecule has 0 aromatic heterocycles. The molecular weight excluding hydrogens is 208 g/mol. The van der Waals surface area contributed by atoms with Crippen LogP contribution in [-0.2, 0) is 4.79 Å². The minimum atomic E-state index is -0.140. The molecule has 1 amide bonds. The summed E-state index contributed by atoms with van der Waals surface area (Å²) in [6, 6.07) is 7.08. The van der Waals surface area contributed by atoms with Gasteiger partial charge in [-0.05, 0) is 24.3 Å². The van der Waals surface area contributed by atoms with Gasteiger partial charge in [-0.3, -0.25) is 4.79 Å². The summed E-state index contributed by atoms with van der Waals surface area (Å²) in [7, 11) is 1.59. The Kier molecular flexibility index (Phi) is 5.31. The van der Waals surface area contributed by atoms with Gasteiger partial charge in [-0.25, -0.2) is 0 Å². The van der Waals surface area contributed by atoms with Crippen molar-refractivity contribution in [3.63, 3.8) is 0 Å². The van der Waals surface area contributed by atoms with E-state index in [4.69, 9.17) is 9.84 Å². The number of ether oxygens (including phenoxy) is 1. The number of rotatable bonds is 6. The second-order valence-electron chi connectivity index (χ2n) is 3.18. The van der Waals surface area contributed by atoms with E-state index in [9.17, 15) is 4.79 Å². The van der Waals surface area contributed by atoms with Crippen LogP contribution in [0.2, 0.25) is 0 Å². The number of hydrogen-bond donors (Lipinski definition) is 3. The number of carbonyl (C=O) groups is 1. The van der Waals surface area contributed by atoms with E-state index in [1.54, 1.807) is 31.4 Å². The fourth-order valence-electron chi connectivity index (χ4n) is 1.16. The molecule has 1 aromatic carbocycles. The van der Waals surface area contributed by atoms with Gasteiger partial charge in [-0.15, -0.1) is 0 Å². The molecule has 0 bridgehead atoms. The van der Waals surface area contributed by atoms with Crippen LogP contribution in [0.5, 0.6) is 5.75 Å². The van der Waals surface area contributed by atoms with E-state index in [1.165, 1.54) is 0 Å². The van der Waals surface area contributed by atoms with E-state index in [1.807, 2.05) is 0 Å². The van der Waals surface area contributed by atoms with Crippen LogP contribution >= 0.6 is 0 Å². The van der Waals surface area contributed by atoms with Crippen molar-refractivity contribution in [2.75, 3.05) is 32.1 Å². The molecule has 5 nitrogen and oxygen atoms in total. The van der Waals surface area contributed by atoms with Gasteiger partial charge in [-0.2, -0.15) is 0 Å². The molecule has 1 rings (SSSR count). The maximum atomic E-state index is 11.4. The number of benzene rings is 1. The summed E-state index contributed by atoms with van der Waals surface area (Å²) in [6.07, 6.45) is 0. The van der Waals surface area contributed by atoms with E-state index >= 15 is 0 Å². The fraction of sp³-hybridized carbons (Fsp3) is 0.364. The van der Waals surface area contributed by atoms with E-state index in [0.717, 1.165) is 11.4 Å². The predicted molar refractivity (Wildman–Crippen MR) is 61.6 cm³/mol. The van der Waals surface area contributed by atoms with Crippen molar-refractivity contribution in [1.82, 2.24) is 5.32 Å². The Bertz CT molecular complexity index is 325. The lowest BCUT2D eigenvalue weighted by Crippen LogP contribution is -2.29. The molecule has 0 atom stereocenters. The van der Waals surface area contributed by atoms with Crippen LogP contribution in [0.25, 0.3) is 0 Å². The Morgan fingerprint density at radius 2 is 2.06 bits per heavy atom. The zero-order valence-electron chi connectivity index (χ0n) is 9.19. The Morgan fingerprint density at radius 1 is 1.38 bits per heavy atom. The van der Waals surface area contributed by atoms with Crippen LogP contribution < -0.4 is 15.4 Å². The molecular formula is C11H16N2O3. The first-order valence-corrected chi connectivity index (χ1v) is 5.01. The summed E-state index contributed by atoms with van der Waals surface area (Å²) < 4.78 is 5.00. The predicted octanol–water partition coefficient (Wildman–Crippen LogP) is 0.216. The van der Waals surface area contributed by atoms with E-state index in [-0.39, 0.29) is 19.1 Å². The summed E-state index contributed by atoms with van der Waals surface area (Å²) in [5.41, 5.74) is 0.719. The van der Waals surface area contributed by atoms with Crippen molar-refractivity contribution in [3.8, 4) is 5.75 Å². The standard InChI is InChI=1S/C11H16N2O3/c1-16-10-4-2-9(3-5-10)13-11(15)8-12-6-7-14/h2-5,12,14H,6-8H2,1H3,(H,13,15). The maximum absolute atomic E-state index is 11.4. The third-order valence-corrected chi connectivity index (χ3v) is 1.95. The third-order valence-electron chi connectivity index (χ3n) is 1.95. The first kappa shape index (κ1) is 12.5. The van der Waals surface area contributed by atoms with Crippen molar-refractivity contribution >= 4 is 11.6 Å². The SMILES string of the molecule is COc1ccc(NC(=O)CNCCO)cc1. The van der Waals surface area contributed by atoms with Gasteiger partial charge in [0.1, 0.15) is 5.75 Å². The number of carbonyl (C=O) groups excluding carboxylic acids is 1. The van der Waals surface area contributed by atoms with Gasteiger partial charge in [0.25, 0.3) is 0 Å². The van der Waals surface area contributed by atoms with Crippen molar-refractivity contribution < 1.29 is 14.6 Å². The van der Waals surface area contributed by atoms with Crippen LogP contribution in [0.1, 0.15) is 0 Å². The number of amides is 1. The summed E-state index contributed by atoms with van der Waals surface area (Å²) in [6.45, 7) is 0.623. The highest BCUT2D eigenvalue weighted by Crippen LogP contribution is 2.14. The topological polar surface area (TPSA) is 70.6 Å². The van der Waals surface area contributed by atoms with Gasteiger partial charge in [0.2, 0.25) is 5.91 Å². The minimum absolute atomic E-state index is 0.0236. The third kappa shape index (κ3) is 4.29. The molecule has 0 aliphatic heterocycles. The Labute approximate surface area is 94.4 Å². The number of anilines is 1. The summed E-state index contributed by atoms with van der Waals surface area (Å²) in [5.74, 6) is 0.607. The first-order valence-electron chi connectivity index (χ1n) is 5.01. The molecule has 0 spiro atoms. The Hall–Kier alpha value is -1.59. The summed E-state index contributed by atoms with van der Waals surface area (Å²) in [5, 5.41) is 14.0. The van der Waals surface area contributed by atoms with Gasteiger partial charge in [0.05, 0.1) is 20.3 Å².